The summed E-state index contributed by atoms with van der Waals surface area (Å²) in [7, 11) is 0. The monoisotopic (exact) mass is 178 g/mol. The molecule has 2 saturated heterocycles. The van der Waals surface area contributed by atoms with E-state index < -0.39 is 0 Å². The van der Waals surface area contributed by atoms with E-state index in [2.05, 4.69) is 10.6 Å². The van der Waals surface area contributed by atoms with E-state index in [1.807, 2.05) is 0 Å². The first-order valence-corrected chi connectivity index (χ1v) is 3.54. The molecular formula is C6H14N2O4. The fourth-order valence-corrected chi connectivity index (χ4v) is 0.404. The molecule has 1 amide bonds. The Labute approximate surface area is 70.2 Å². The molecule has 0 bridgehead atoms. The van der Waals surface area contributed by atoms with Gasteiger partial charge in [0.2, 0.25) is 5.91 Å². The van der Waals surface area contributed by atoms with Crippen molar-refractivity contribution in [3.05, 3.63) is 9.93 Å². The molecule has 4 N–H and O–H groups in total. The quantitative estimate of drug-likeness (QED) is 0.451. The summed E-state index contributed by atoms with van der Waals surface area (Å²) < 4.78 is 0. The second kappa shape index (κ2) is 9.99. The van der Waals surface area contributed by atoms with Gasteiger partial charge in [-0.2, -0.15) is 0 Å². The van der Waals surface area contributed by atoms with Gasteiger partial charge in [-0.25, -0.2) is 0 Å². The van der Waals surface area contributed by atoms with E-state index in [9.17, 15) is 4.79 Å². The molecule has 0 aliphatic carbocycles. The van der Waals surface area contributed by atoms with Gasteiger partial charge in [-0.3, -0.25) is 4.79 Å². The van der Waals surface area contributed by atoms with E-state index in [1.165, 1.54) is 19.5 Å². The predicted octanol–water partition coefficient (Wildman–Crippen LogP) is -1.27. The van der Waals surface area contributed by atoms with Crippen molar-refractivity contribution in [1.82, 2.24) is 10.6 Å². The smallest absolute Gasteiger partial charge is 0.221 e. The van der Waals surface area contributed by atoms with Gasteiger partial charge in [0.1, 0.15) is 0 Å². The van der Waals surface area contributed by atoms with Crippen molar-refractivity contribution in [2.45, 2.75) is 12.8 Å². The van der Waals surface area contributed by atoms with Crippen molar-refractivity contribution in [2.75, 3.05) is 19.6 Å². The number of rotatable bonds is 0. The number of β-lactam (4-membered cyclic amide) rings is 1. The number of carbonyl (C=O) groups is 1. The summed E-state index contributed by atoms with van der Waals surface area (Å²) in [5.74, 6) is 0.185. The molecule has 0 spiro atoms. The molecule has 6 nitrogen and oxygen atoms in total. The summed E-state index contributed by atoms with van der Waals surface area (Å²) in [5, 5.41) is 5.68. The normalized spacial score (nSPS) is 16.8. The number of nitrogens with one attached hydrogen (secondary N) is 2. The number of hydrogen-bond acceptors (Lipinski definition) is 4. The Morgan fingerprint density at radius 1 is 1.08 bits per heavy atom. The Kier molecular flexibility index (Phi) is 11.3. The molecule has 2 aliphatic rings. The third-order valence-corrected chi connectivity index (χ3v) is 1.38. The molecular weight excluding hydrogens is 164 g/mol. The maximum Gasteiger partial charge on any atom is 0.221 e. The standard InChI is InChI=1S/C3H5NO.C3H7N.O2.H2O/c5-3-1-2-4-3;1-2-4-3-1;1-2;/h1-2H2,(H,4,5);4H,1-3H2;;1H2. The third kappa shape index (κ3) is 7.10. The van der Waals surface area contributed by atoms with Gasteiger partial charge in [0.15, 0.2) is 0 Å². The Balaban J connectivity index is 0. The Hall–Kier alpha value is -1.01. The van der Waals surface area contributed by atoms with Crippen LogP contribution in [0.3, 0.4) is 0 Å². The molecule has 0 aromatic heterocycles. The van der Waals surface area contributed by atoms with Gasteiger partial charge in [-0.05, 0) is 19.5 Å². The Morgan fingerprint density at radius 3 is 1.33 bits per heavy atom. The highest BCUT2D eigenvalue weighted by atomic mass is 16.7. The molecule has 0 radical (unpaired) electrons. The maximum absolute atomic E-state index is 9.79. The van der Waals surface area contributed by atoms with Crippen LogP contribution in [0.2, 0.25) is 0 Å². The molecule has 2 fully saturated rings. The Bertz CT molecular complexity index is 106. The van der Waals surface area contributed by atoms with Gasteiger partial charge >= 0.3 is 0 Å². The Morgan fingerprint density at radius 2 is 1.33 bits per heavy atom. The lowest BCUT2D eigenvalue weighted by Gasteiger charge is -2.10. The second-order valence-corrected chi connectivity index (χ2v) is 2.20. The maximum atomic E-state index is 9.79. The van der Waals surface area contributed by atoms with Gasteiger partial charge in [0.25, 0.3) is 0 Å². The summed E-state index contributed by atoms with van der Waals surface area (Å²) >= 11 is 0. The zero-order chi connectivity index (χ0) is 8.53. The van der Waals surface area contributed by atoms with Crippen molar-refractivity contribution in [2.24, 2.45) is 0 Å². The highest BCUT2D eigenvalue weighted by molar-refractivity contribution is 5.81. The van der Waals surface area contributed by atoms with Crippen molar-refractivity contribution >= 4 is 5.91 Å². The van der Waals surface area contributed by atoms with E-state index in [4.69, 9.17) is 9.93 Å². The van der Waals surface area contributed by atoms with Crippen LogP contribution in [0.25, 0.3) is 0 Å². The second-order valence-electron chi connectivity index (χ2n) is 2.20. The van der Waals surface area contributed by atoms with Crippen molar-refractivity contribution in [3.63, 3.8) is 0 Å². The SMILES string of the molecule is C1CNC1.O.O=C1CCN1.O=O. The molecule has 0 aromatic rings. The summed E-state index contributed by atoms with van der Waals surface area (Å²) in [5.41, 5.74) is 0. The average Bonchev–Trinajstić information content (AvgIpc) is 1.85. The lowest BCUT2D eigenvalue weighted by atomic mass is 10.3. The minimum Gasteiger partial charge on any atom is -0.412 e. The zero-order valence-corrected chi connectivity index (χ0v) is 6.76. The lowest BCUT2D eigenvalue weighted by molar-refractivity contribution is -0.125. The minimum absolute atomic E-state index is 0. The van der Waals surface area contributed by atoms with Crippen molar-refractivity contribution in [3.8, 4) is 0 Å². The van der Waals surface area contributed by atoms with Crippen LogP contribution in [-0.4, -0.2) is 31.0 Å². The molecule has 6 heteroatoms. The van der Waals surface area contributed by atoms with Gasteiger partial charge < -0.3 is 16.1 Å². The van der Waals surface area contributed by atoms with Gasteiger partial charge in [0, 0.05) is 22.9 Å². The molecule has 72 valence electrons. The minimum atomic E-state index is 0. The van der Waals surface area contributed by atoms with E-state index in [0.717, 1.165) is 13.0 Å². The first-order chi connectivity index (χ1) is 5.39. The molecule has 2 heterocycles. The van der Waals surface area contributed by atoms with Crippen LogP contribution in [0.15, 0.2) is 0 Å². The molecule has 12 heavy (non-hydrogen) atoms. The first-order valence-electron chi connectivity index (χ1n) is 3.54. The highest BCUT2D eigenvalue weighted by Crippen LogP contribution is 1.85. The van der Waals surface area contributed by atoms with Crippen LogP contribution in [-0.2, 0) is 4.79 Å². The van der Waals surface area contributed by atoms with Crippen LogP contribution >= 0.6 is 0 Å². The summed E-state index contributed by atoms with van der Waals surface area (Å²) in [6.45, 7) is 3.39. The number of carbonyl (C=O) groups excluding carboxylic acids is 1. The summed E-state index contributed by atoms with van der Waals surface area (Å²) in [6, 6.07) is 0. The van der Waals surface area contributed by atoms with E-state index in [1.54, 1.807) is 0 Å². The molecule has 0 atom stereocenters. The topological polar surface area (TPSA) is 107 Å². The van der Waals surface area contributed by atoms with Crippen LogP contribution < -0.4 is 10.6 Å². The lowest BCUT2D eigenvalue weighted by Crippen LogP contribution is -2.37. The number of hydrogen-bond donors (Lipinski definition) is 2. The summed E-state index contributed by atoms with van der Waals surface area (Å²) in [6.07, 6.45) is 2.12. The van der Waals surface area contributed by atoms with E-state index in [0.29, 0.717) is 0 Å². The van der Waals surface area contributed by atoms with Crippen molar-refractivity contribution < 1.29 is 10.3 Å². The zero-order valence-electron chi connectivity index (χ0n) is 6.76. The molecule has 0 saturated carbocycles. The molecule has 0 aromatic carbocycles. The predicted molar refractivity (Wildman–Crippen MR) is 45.5 cm³/mol. The highest BCUT2D eigenvalue weighted by Gasteiger charge is 2.07. The van der Waals surface area contributed by atoms with Crippen LogP contribution in [0, 0.1) is 9.93 Å². The van der Waals surface area contributed by atoms with Gasteiger partial charge in [0.05, 0.1) is 0 Å². The van der Waals surface area contributed by atoms with Crippen LogP contribution in [0.5, 0.6) is 0 Å². The average molecular weight is 178 g/mol. The number of amides is 1. The fourth-order valence-electron chi connectivity index (χ4n) is 0.404. The molecule has 2 aliphatic heterocycles. The van der Waals surface area contributed by atoms with Crippen LogP contribution in [0.4, 0.5) is 0 Å². The van der Waals surface area contributed by atoms with E-state index in [-0.39, 0.29) is 11.4 Å². The van der Waals surface area contributed by atoms with Crippen molar-refractivity contribution in [1.29, 1.82) is 0 Å². The summed E-state index contributed by atoms with van der Waals surface area (Å²) in [4.78, 5) is 23.8. The first kappa shape index (κ1) is 13.6. The van der Waals surface area contributed by atoms with Gasteiger partial charge in [-0.1, -0.05) is 0 Å². The largest absolute Gasteiger partial charge is 0.412 e. The van der Waals surface area contributed by atoms with Gasteiger partial charge in [-0.15, -0.1) is 0 Å². The van der Waals surface area contributed by atoms with Crippen LogP contribution in [0.1, 0.15) is 12.8 Å². The van der Waals surface area contributed by atoms with E-state index >= 15 is 0 Å². The molecule has 2 rings (SSSR count). The fraction of sp³-hybridized carbons (Fsp3) is 0.833. The third-order valence-electron chi connectivity index (χ3n) is 1.38. The molecule has 0 unspecified atom stereocenters.